The first kappa shape index (κ1) is 14.1. The number of aromatic nitrogens is 1. The van der Waals surface area contributed by atoms with E-state index in [9.17, 15) is 4.79 Å². The van der Waals surface area contributed by atoms with Gasteiger partial charge in [0.25, 0.3) is 0 Å². The van der Waals surface area contributed by atoms with Gasteiger partial charge in [-0.2, -0.15) is 0 Å². The van der Waals surface area contributed by atoms with Gasteiger partial charge in [-0.15, -0.1) is 0 Å². The standard InChI is InChI=1S/C16H17NO3/c1-11(2)20-13-7-4-6-12(10-13)15(18)14-8-5-9-17-16(14)19-3/h4-11H,1-3H3. The Kier molecular flexibility index (Phi) is 4.35. The SMILES string of the molecule is COc1ncccc1C(=O)c1cccc(OC(C)C)c1. The second-order valence-corrected chi connectivity index (χ2v) is 4.58. The van der Waals surface area contributed by atoms with E-state index in [0.29, 0.717) is 22.8 Å². The number of carbonyl (C=O) groups excluding carboxylic acids is 1. The smallest absolute Gasteiger partial charge is 0.224 e. The number of rotatable bonds is 5. The number of pyridine rings is 1. The highest BCUT2D eigenvalue weighted by Crippen LogP contribution is 2.21. The van der Waals surface area contributed by atoms with Crippen LogP contribution in [0.25, 0.3) is 0 Å². The Morgan fingerprint density at radius 3 is 2.70 bits per heavy atom. The summed E-state index contributed by atoms with van der Waals surface area (Å²) in [4.78, 5) is 16.5. The lowest BCUT2D eigenvalue weighted by atomic mass is 10.0. The molecule has 0 fully saturated rings. The number of nitrogens with zero attached hydrogens (tertiary/aromatic N) is 1. The molecule has 20 heavy (non-hydrogen) atoms. The quantitative estimate of drug-likeness (QED) is 0.784. The Balaban J connectivity index is 2.33. The minimum absolute atomic E-state index is 0.0632. The molecule has 0 saturated heterocycles. The lowest BCUT2D eigenvalue weighted by Crippen LogP contribution is -2.08. The van der Waals surface area contributed by atoms with E-state index in [1.807, 2.05) is 19.9 Å². The summed E-state index contributed by atoms with van der Waals surface area (Å²) in [6.07, 6.45) is 1.65. The van der Waals surface area contributed by atoms with Crippen LogP contribution in [0.2, 0.25) is 0 Å². The van der Waals surface area contributed by atoms with Gasteiger partial charge >= 0.3 is 0 Å². The Bertz CT molecular complexity index is 608. The van der Waals surface area contributed by atoms with Crippen LogP contribution < -0.4 is 9.47 Å². The Hall–Kier alpha value is -2.36. The third-order valence-corrected chi connectivity index (χ3v) is 2.68. The first-order valence-electron chi connectivity index (χ1n) is 6.42. The highest BCUT2D eigenvalue weighted by molar-refractivity contribution is 6.10. The minimum atomic E-state index is -0.135. The second-order valence-electron chi connectivity index (χ2n) is 4.58. The van der Waals surface area contributed by atoms with Gasteiger partial charge < -0.3 is 9.47 Å². The van der Waals surface area contributed by atoms with Crippen LogP contribution in [0.1, 0.15) is 29.8 Å². The summed E-state index contributed by atoms with van der Waals surface area (Å²) in [6, 6.07) is 10.5. The maximum Gasteiger partial charge on any atom is 0.224 e. The third-order valence-electron chi connectivity index (χ3n) is 2.68. The summed E-state index contributed by atoms with van der Waals surface area (Å²) in [6.45, 7) is 3.89. The first-order valence-corrected chi connectivity index (χ1v) is 6.42. The molecule has 0 aliphatic heterocycles. The van der Waals surface area contributed by atoms with Crippen molar-refractivity contribution in [2.45, 2.75) is 20.0 Å². The molecule has 0 saturated carbocycles. The zero-order valence-electron chi connectivity index (χ0n) is 11.8. The summed E-state index contributed by atoms with van der Waals surface area (Å²) < 4.78 is 10.7. The van der Waals surface area contributed by atoms with Gasteiger partial charge in [-0.1, -0.05) is 12.1 Å². The van der Waals surface area contributed by atoms with Crippen LogP contribution in [0.3, 0.4) is 0 Å². The predicted molar refractivity (Wildman–Crippen MR) is 76.4 cm³/mol. The van der Waals surface area contributed by atoms with Gasteiger partial charge in [-0.05, 0) is 38.1 Å². The molecular formula is C16H17NO3. The highest BCUT2D eigenvalue weighted by Gasteiger charge is 2.15. The van der Waals surface area contributed by atoms with Gasteiger partial charge in [0.05, 0.1) is 18.8 Å². The molecular weight excluding hydrogens is 254 g/mol. The van der Waals surface area contributed by atoms with Crippen LogP contribution in [0.15, 0.2) is 42.6 Å². The fraction of sp³-hybridized carbons (Fsp3) is 0.250. The van der Waals surface area contributed by atoms with Crippen molar-refractivity contribution < 1.29 is 14.3 Å². The highest BCUT2D eigenvalue weighted by atomic mass is 16.5. The molecule has 104 valence electrons. The molecule has 0 spiro atoms. The van der Waals surface area contributed by atoms with Gasteiger partial charge in [0.15, 0.2) is 5.78 Å². The van der Waals surface area contributed by atoms with Crippen molar-refractivity contribution >= 4 is 5.78 Å². The molecule has 4 heteroatoms. The summed E-state index contributed by atoms with van der Waals surface area (Å²) in [5, 5.41) is 0. The van der Waals surface area contributed by atoms with E-state index in [-0.39, 0.29) is 11.9 Å². The van der Waals surface area contributed by atoms with Gasteiger partial charge in [0.2, 0.25) is 5.88 Å². The molecule has 2 rings (SSSR count). The van der Waals surface area contributed by atoms with E-state index in [0.717, 1.165) is 0 Å². The third kappa shape index (κ3) is 3.15. The number of methoxy groups -OCH3 is 1. The van der Waals surface area contributed by atoms with Crippen LogP contribution in [-0.2, 0) is 0 Å². The van der Waals surface area contributed by atoms with E-state index >= 15 is 0 Å². The molecule has 1 aromatic heterocycles. The minimum Gasteiger partial charge on any atom is -0.491 e. The molecule has 0 aliphatic carbocycles. The molecule has 0 radical (unpaired) electrons. The average Bonchev–Trinajstić information content (AvgIpc) is 2.46. The number of hydrogen-bond donors (Lipinski definition) is 0. The summed E-state index contributed by atoms with van der Waals surface area (Å²) in [5.41, 5.74) is 0.992. The monoisotopic (exact) mass is 271 g/mol. The lowest BCUT2D eigenvalue weighted by Gasteiger charge is -2.11. The largest absolute Gasteiger partial charge is 0.491 e. The maximum atomic E-state index is 12.5. The van der Waals surface area contributed by atoms with Crippen LogP contribution in [0.5, 0.6) is 11.6 Å². The Morgan fingerprint density at radius 2 is 2.00 bits per heavy atom. The molecule has 0 amide bonds. The van der Waals surface area contributed by atoms with Crippen LogP contribution in [0, 0.1) is 0 Å². The van der Waals surface area contributed by atoms with Crippen molar-refractivity contribution in [3.05, 3.63) is 53.7 Å². The van der Waals surface area contributed by atoms with Crippen molar-refractivity contribution in [2.24, 2.45) is 0 Å². The zero-order valence-corrected chi connectivity index (χ0v) is 11.8. The predicted octanol–water partition coefficient (Wildman–Crippen LogP) is 3.11. The van der Waals surface area contributed by atoms with E-state index < -0.39 is 0 Å². The van der Waals surface area contributed by atoms with Crippen molar-refractivity contribution in [1.82, 2.24) is 4.98 Å². The second kappa shape index (κ2) is 6.19. The lowest BCUT2D eigenvalue weighted by molar-refractivity contribution is 0.103. The molecule has 0 unspecified atom stereocenters. The molecule has 0 atom stereocenters. The topological polar surface area (TPSA) is 48.4 Å². The Morgan fingerprint density at radius 1 is 1.20 bits per heavy atom. The molecule has 2 aromatic rings. The summed E-state index contributed by atoms with van der Waals surface area (Å²) >= 11 is 0. The molecule has 0 N–H and O–H groups in total. The van der Waals surface area contributed by atoms with E-state index in [4.69, 9.17) is 9.47 Å². The normalized spacial score (nSPS) is 10.4. The molecule has 4 nitrogen and oxygen atoms in total. The van der Waals surface area contributed by atoms with Gasteiger partial charge in [-0.3, -0.25) is 4.79 Å². The molecule has 1 heterocycles. The Labute approximate surface area is 118 Å². The average molecular weight is 271 g/mol. The number of benzene rings is 1. The van der Waals surface area contributed by atoms with Crippen LogP contribution >= 0.6 is 0 Å². The van der Waals surface area contributed by atoms with Gasteiger partial charge in [-0.25, -0.2) is 4.98 Å². The maximum absolute atomic E-state index is 12.5. The number of carbonyl (C=O) groups is 1. The summed E-state index contributed by atoms with van der Waals surface area (Å²) in [7, 11) is 1.50. The zero-order chi connectivity index (χ0) is 14.5. The number of ether oxygens (including phenoxy) is 2. The molecule has 0 bridgehead atoms. The summed E-state index contributed by atoms with van der Waals surface area (Å²) in [5.74, 6) is 0.866. The van der Waals surface area contributed by atoms with Crippen LogP contribution in [0.4, 0.5) is 0 Å². The fourth-order valence-electron chi connectivity index (χ4n) is 1.86. The van der Waals surface area contributed by atoms with Crippen molar-refractivity contribution in [3.63, 3.8) is 0 Å². The van der Waals surface area contributed by atoms with E-state index in [2.05, 4.69) is 4.98 Å². The van der Waals surface area contributed by atoms with Crippen molar-refractivity contribution in [1.29, 1.82) is 0 Å². The van der Waals surface area contributed by atoms with Gasteiger partial charge in [0.1, 0.15) is 5.75 Å². The van der Waals surface area contributed by atoms with E-state index in [1.54, 1.807) is 36.5 Å². The van der Waals surface area contributed by atoms with Crippen LogP contribution in [-0.4, -0.2) is 24.0 Å². The molecule has 0 aliphatic rings. The number of ketones is 1. The molecule has 1 aromatic carbocycles. The first-order chi connectivity index (χ1) is 9.61. The van der Waals surface area contributed by atoms with Gasteiger partial charge in [0, 0.05) is 11.8 Å². The fourth-order valence-corrected chi connectivity index (χ4v) is 1.86. The van der Waals surface area contributed by atoms with Crippen molar-refractivity contribution in [2.75, 3.05) is 7.11 Å². The van der Waals surface area contributed by atoms with Crippen molar-refractivity contribution in [3.8, 4) is 11.6 Å². The van der Waals surface area contributed by atoms with E-state index in [1.165, 1.54) is 7.11 Å². The number of hydrogen-bond acceptors (Lipinski definition) is 4.